The highest BCUT2D eigenvalue weighted by Gasteiger charge is 2.26. The van der Waals surface area contributed by atoms with Crippen LogP contribution in [0.4, 0.5) is 5.69 Å². The molecule has 3 rings (SSSR count). The number of carbonyl (C=O) groups excluding carboxylic acids is 1. The van der Waals surface area contributed by atoms with Crippen molar-refractivity contribution in [3.8, 4) is 0 Å². The van der Waals surface area contributed by atoms with Gasteiger partial charge in [-0.05, 0) is 54.7 Å². The monoisotopic (exact) mass is 463 g/mol. The summed E-state index contributed by atoms with van der Waals surface area (Å²) in [7, 11) is -2.49. The molecule has 166 valence electrons. The van der Waals surface area contributed by atoms with E-state index in [0.717, 1.165) is 12.0 Å². The van der Waals surface area contributed by atoms with Gasteiger partial charge in [-0.3, -0.25) is 9.36 Å². The first-order valence-corrected chi connectivity index (χ1v) is 12.6. The van der Waals surface area contributed by atoms with Crippen LogP contribution < -0.4 is 15.8 Å². The first kappa shape index (κ1) is 23.1. The molecule has 0 spiro atoms. The number of benzene rings is 2. The van der Waals surface area contributed by atoms with Crippen LogP contribution in [0.3, 0.4) is 0 Å². The van der Waals surface area contributed by atoms with Crippen molar-refractivity contribution >= 4 is 44.5 Å². The maximum atomic E-state index is 13.0. The van der Waals surface area contributed by atoms with E-state index in [9.17, 15) is 18.0 Å². The van der Waals surface area contributed by atoms with Crippen LogP contribution >= 0.6 is 11.8 Å². The number of thioether (sulfide) groups is 1. The Labute approximate surface area is 185 Å². The van der Waals surface area contributed by atoms with Crippen LogP contribution in [-0.2, 0) is 28.3 Å². The molecule has 0 saturated heterocycles. The molecular weight excluding hydrogens is 438 g/mol. The second kappa shape index (κ2) is 9.71. The third-order valence-corrected chi connectivity index (χ3v) is 7.04. The van der Waals surface area contributed by atoms with E-state index in [1.54, 1.807) is 12.1 Å². The van der Waals surface area contributed by atoms with E-state index in [1.165, 1.54) is 41.6 Å². The van der Waals surface area contributed by atoms with Crippen molar-refractivity contribution in [3.63, 3.8) is 0 Å². The Bertz CT molecular complexity index is 1230. The lowest BCUT2D eigenvalue weighted by Gasteiger charge is -2.18. The molecule has 31 heavy (non-hydrogen) atoms. The van der Waals surface area contributed by atoms with Crippen molar-refractivity contribution in [1.29, 1.82) is 0 Å². The average Bonchev–Trinajstić information content (AvgIpc) is 3.04. The van der Waals surface area contributed by atoms with Gasteiger partial charge in [-0.15, -0.1) is 0 Å². The maximum absolute atomic E-state index is 13.0. The lowest BCUT2D eigenvalue weighted by Crippen LogP contribution is -2.44. The first-order valence-electron chi connectivity index (χ1n) is 9.76. The van der Waals surface area contributed by atoms with Gasteiger partial charge in [0.2, 0.25) is 15.9 Å². The quantitative estimate of drug-likeness (QED) is 0.505. The van der Waals surface area contributed by atoms with E-state index in [-0.39, 0.29) is 10.5 Å². The largest absolute Gasteiger partial charge is 0.419 e. The van der Waals surface area contributed by atoms with E-state index in [4.69, 9.17) is 4.42 Å². The number of aryl methyl sites for hydroxylation is 2. The van der Waals surface area contributed by atoms with Gasteiger partial charge < -0.3 is 9.73 Å². The molecule has 0 saturated carbocycles. The van der Waals surface area contributed by atoms with Crippen molar-refractivity contribution in [2.45, 2.75) is 30.7 Å². The molecule has 0 aliphatic carbocycles. The van der Waals surface area contributed by atoms with E-state index in [0.29, 0.717) is 23.4 Å². The molecule has 1 amide bonds. The number of amides is 1. The number of fused-ring (bicyclic) bond motifs is 1. The highest BCUT2D eigenvalue weighted by Crippen LogP contribution is 2.19. The number of carbonyl (C=O) groups is 1. The van der Waals surface area contributed by atoms with Gasteiger partial charge in [0.15, 0.2) is 5.58 Å². The minimum atomic E-state index is -4.02. The zero-order valence-corrected chi connectivity index (χ0v) is 19.2. The van der Waals surface area contributed by atoms with Gasteiger partial charge in [-0.25, -0.2) is 13.2 Å². The van der Waals surface area contributed by atoms with Crippen LogP contribution in [0.25, 0.3) is 11.1 Å². The number of hydrogen-bond donors (Lipinski definition) is 2. The highest BCUT2D eigenvalue weighted by atomic mass is 32.2. The van der Waals surface area contributed by atoms with Crippen LogP contribution in [0, 0.1) is 0 Å². The van der Waals surface area contributed by atoms with E-state index in [1.807, 2.05) is 25.3 Å². The molecule has 0 unspecified atom stereocenters. The second-order valence-corrected chi connectivity index (χ2v) is 9.75. The number of oxazole rings is 1. The molecule has 0 aliphatic rings. The van der Waals surface area contributed by atoms with Crippen molar-refractivity contribution in [2.24, 2.45) is 7.05 Å². The molecule has 3 aromatic rings. The minimum Gasteiger partial charge on any atom is -0.408 e. The third kappa shape index (κ3) is 5.38. The van der Waals surface area contributed by atoms with Gasteiger partial charge in [-0.1, -0.05) is 19.1 Å². The van der Waals surface area contributed by atoms with Gasteiger partial charge in [0.05, 0.1) is 10.4 Å². The topological polar surface area (TPSA) is 110 Å². The van der Waals surface area contributed by atoms with E-state index >= 15 is 0 Å². The number of nitrogens with one attached hydrogen (secondary N) is 2. The summed E-state index contributed by atoms with van der Waals surface area (Å²) in [5.74, 6) is -0.417. The Hall–Kier alpha value is -2.56. The molecule has 2 aromatic carbocycles. The van der Waals surface area contributed by atoms with Crippen molar-refractivity contribution in [3.05, 3.63) is 58.6 Å². The lowest BCUT2D eigenvalue weighted by atomic mass is 10.1. The first-order chi connectivity index (χ1) is 14.7. The fourth-order valence-corrected chi connectivity index (χ4v) is 4.79. The SMILES string of the molecule is CCc1ccc(NC(=O)[C@@H](CCSC)NS(=O)(=O)c2ccc3c(c2)oc(=O)n3C)cc1. The summed E-state index contributed by atoms with van der Waals surface area (Å²) in [6.07, 6.45) is 3.09. The molecule has 2 N–H and O–H groups in total. The number of sulfonamides is 1. The lowest BCUT2D eigenvalue weighted by molar-refractivity contribution is -0.117. The zero-order valence-electron chi connectivity index (χ0n) is 17.5. The Morgan fingerprint density at radius 2 is 1.90 bits per heavy atom. The summed E-state index contributed by atoms with van der Waals surface area (Å²) >= 11 is 1.52. The highest BCUT2D eigenvalue weighted by molar-refractivity contribution is 7.98. The van der Waals surface area contributed by atoms with Gasteiger partial charge in [0.25, 0.3) is 0 Å². The van der Waals surface area contributed by atoms with Gasteiger partial charge >= 0.3 is 5.76 Å². The molecule has 1 heterocycles. The summed E-state index contributed by atoms with van der Waals surface area (Å²) < 4.78 is 34.8. The average molecular weight is 464 g/mol. The molecule has 0 aliphatic heterocycles. The van der Waals surface area contributed by atoms with Crippen LogP contribution in [0.5, 0.6) is 0 Å². The molecule has 0 fully saturated rings. The molecule has 8 nitrogen and oxygen atoms in total. The van der Waals surface area contributed by atoms with Crippen molar-refractivity contribution < 1.29 is 17.6 Å². The number of hydrogen-bond acceptors (Lipinski definition) is 6. The molecule has 0 radical (unpaired) electrons. The Morgan fingerprint density at radius 3 is 2.55 bits per heavy atom. The van der Waals surface area contributed by atoms with E-state index < -0.39 is 27.7 Å². The third-order valence-electron chi connectivity index (χ3n) is 4.93. The van der Waals surface area contributed by atoms with Gasteiger partial charge in [0.1, 0.15) is 6.04 Å². The fourth-order valence-electron chi connectivity index (χ4n) is 3.07. The molecular formula is C21H25N3O5S2. The normalized spacial score (nSPS) is 12.7. The van der Waals surface area contributed by atoms with Gasteiger partial charge in [0, 0.05) is 18.8 Å². The fraction of sp³-hybridized carbons (Fsp3) is 0.333. The predicted octanol–water partition coefficient (Wildman–Crippen LogP) is 2.73. The van der Waals surface area contributed by atoms with E-state index in [2.05, 4.69) is 10.0 Å². The number of anilines is 1. The zero-order chi connectivity index (χ0) is 22.6. The minimum absolute atomic E-state index is 0.0800. The molecule has 1 atom stereocenters. The van der Waals surface area contributed by atoms with Crippen LogP contribution in [0.2, 0.25) is 0 Å². The standard InChI is InChI=1S/C21H25N3O5S2/c1-4-14-5-7-15(8-6-14)22-20(25)17(11-12-30-3)23-31(27,28)16-9-10-18-19(13-16)29-21(26)24(18)2/h5-10,13,17,23H,4,11-12H2,1-3H3,(H,22,25)/t17-/m1/s1. The molecule has 10 heteroatoms. The summed E-state index contributed by atoms with van der Waals surface area (Å²) in [6.45, 7) is 2.04. The second-order valence-electron chi connectivity index (χ2n) is 7.05. The number of nitrogens with zero attached hydrogens (tertiary/aromatic N) is 1. The smallest absolute Gasteiger partial charge is 0.408 e. The number of rotatable bonds is 9. The van der Waals surface area contributed by atoms with Gasteiger partial charge in [-0.2, -0.15) is 16.5 Å². The molecule has 0 bridgehead atoms. The maximum Gasteiger partial charge on any atom is 0.419 e. The Morgan fingerprint density at radius 1 is 1.19 bits per heavy atom. The Kier molecular flexibility index (Phi) is 7.24. The van der Waals surface area contributed by atoms with Crippen molar-refractivity contribution in [2.75, 3.05) is 17.3 Å². The molecule has 1 aromatic heterocycles. The van der Waals surface area contributed by atoms with Crippen LogP contribution in [0.15, 0.2) is 56.6 Å². The Balaban J connectivity index is 1.82. The summed E-state index contributed by atoms with van der Waals surface area (Å²) in [6, 6.07) is 10.6. The summed E-state index contributed by atoms with van der Waals surface area (Å²) in [4.78, 5) is 24.4. The predicted molar refractivity (Wildman–Crippen MR) is 123 cm³/mol. The summed E-state index contributed by atoms with van der Waals surface area (Å²) in [5, 5.41) is 2.78. The van der Waals surface area contributed by atoms with Crippen LogP contribution in [0.1, 0.15) is 18.9 Å². The van der Waals surface area contributed by atoms with Crippen molar-refractivity contribution in [1.82, 2.24) is 9.29 Å². The van der Waals surface area contributed by atoms with Crippen LogP contribution in [-0.4, -0.2) is 36.9 Å². The summed E-state index contributed by atoms with van der Waals surface area (Å²) in [5.41, 5.74) is 2.39. The number of aromatic nitrogens is 1.